The normalized spacial score (nSPS) is 14.4. The summed E-state index contributed by atoms with van der Waals surface area (Å²) in [6.07, 6.45) is 2.03. The monoisotopic (exact) mass is 522 g/mol. The van der Waals surface area contributed by atoms with Crippen LogP contribution in [0.4, 0.5) is 4.79 Å². The predicted molar refractivity (Wildman–Crippen MR) is 137 cm³/mol. The number of benzene rings is 3. The van der Waals surface area contributed by atoms with Crippen LogP contribution in [-0.4, -0.2) is 51.6 Å². The third-order valence-electron chi connectivity index (χ3n) is 6.84. The van der Waals surface area contributed by atoms with Gasteiger partial charge in [-0.1, -0.05) is 65.7 Å². The maximum absolute atomic E-state index is 13.1. The van der Waals surface area contributed by atoms with Crippen molar-refractivity contribution in [3.63, 3.8) is 0 Å². The SMILES string of the molecule is O=C(N[C@H](Cc1cnc[nH]1)C(=O)ON1C(=O)c2ccccc2C1=O)OCC1c2ccccc2-c2ccccc21. The Labute approximate surface area is 222 Å². The zero-order valence-corrected chi connectivity index (χ0v) is 20.5. The number of carbonyl (C=O) groups is 4. The number of carbonyl (C=O) groups excluding carboxylic acids is 4. The van der Waals surface area contributed by atoms with E-state index in [1.807, 2.05) is 48.5 Å². The van der Waals surface area contributed by atoms with Crippen LogP contribution in [0.3, 0.4) is 0 Å². The highest BCUT2D eigenvalue weighted by atomic mass is 16.7. The summed E-state index contributed by atoms with van der Waals surface area (Å²) in [5.41, 5.74) is 5.05. The fourth-order valence-corrected chi connectivity index (χ4v) is 5.00. The van der Waals surface area contributed by atoms with E-state index in [2.05, 4.69) is 15.3 Å². The molecule has 6 rings (SSSR count). The molecule has 1 atom stereocenters. The molecule has 10 heteroatoms. The predicted octanol–water partition coefficient (Wildman–Crippen LogP) is 3.61. The second-order valence-corrected chi connectivity index (χ2v) is 9.16. The van der Waals surface area contributed by atoms with Gasteiger partial charge in [-0.2, -0.15) is 0 Å². The van der Waals surface area contributed by atoms with Crippen molar-refractivity contribution in [3.8, 4) is 11.1 Å². The molecule has 0 saturated carbocycles. The van der Waals surface area contributed by atoms with Gasteiger partial charge in [0, 0.05) is 24.2 Å². The lowest BCUT2D eigenvalue weighted by Gasteiger charge is -2.20. The first kappa shape index (κ1) is 24.1. The van der Waals surface area contributed by atoms with Gasteiger partial charge in [-0.25, -0.2) is 14.6 Å². The highest BCUT2D eigenvalue weighted by Gasteiger charge is 2.40. The molecule has 39 heavy (non-hydrogen) atoms. The molecule has 0 radical (unpaired) electrons. The van der Waals surface area contributed by atoms with Crippen molar-refractivity contribution in [1.82, 2.24) is 20.3 Å². The van der Waals surface area contributed by atoms with Crippen molar-refractivity contribution >= 4 is 23.9 Å². The molecule has 0 spiro atoms. The molecule has 4 aromatic rings. The molecular weight excluding hydrogens is 500 g/mol. The van der Waals surface area contributed by atoms with Crippen molar-refractivity contribution in [2.75, 3.05) is 6.61 Å². The number of ether oxygens (including phenoxy) is 1. The summed E-state index contributed by atoms with van der Waals surface area (Å²) < 4.78 is 5.57. The average molecular weight is 523 g/mol. The molecule has 2 aliphatic rings. The van der Waals surface area contributed by atoms with E-state index in [4.69, 9.17) is 9.57 Å². The number of hydrogen-bond donors (Lipinski definition) is 2. The topological polar surface area (TPSA) is 131 Å². The van der Waals surface area contributed by atoms with Gasteiger partial charge in [0.15, 0.2) is 0 Å². The molecule has 3 amide bonds. The molecule has 1 aliphatic heterocycles. The van der Waals surface area contributed by atoms with E-state index < -0.39 is 29.9 Å². The Morgan fingerprint density at radius 3 is 2.00 bits per heavy atom. The van der Waals surface area contributed by atoms with Gasteiger partial charge in [0.2, 0.25) is 0 Å². The summed E-state index contributed by atoms with van der Waals surface area (Å²) in [4.78, 5) is 63.3. The van der Waals surface area contributed by atoms with Crippen LogP contribution < -0.4 is 5.32 Å². The highest BCUT2D eigenvalue weighted by molar-refractivity contribution is 6.21. The molecule has 0 fully saturated rings. The molecule has 1 aliphatic carbocycles. The van der Waals surface area contributed by atoms with E-state index in [-0.39, 0.29) is 30.1 Å². The smallest absolute Gasteiger partial charge is 0.407 e. The van der Waals surface area contributed by atoms with Crippen LogP contribution in [0.25, 0.3) is 11.1 Å². The molecule has 1 aromatic heterocycles. The number of imide groups is 1. The number of hydrogen-bond acceptors (Lipinski definition) is 7. The van der Waals surface area contributed by atoms with Crippen molar-refractivity contribution in [2.45, 2.75) is 18.4 Å². The standard InChI is InChI=1S/C29H22N4O6/c34-26-22-11-5-6-12-23(22)27(35)33(26)39-28(36)25(13-17-14-30-16-31-17)32-29(37)38-15-24-20-9-3-1-7-18(20)19-8-2-4-10-21(19)24/h1-12,14,16,24-25H,13,15H2,(H,30,31)(H,32,37)/t25-/m1/s1. The minimum Gasteiger partial charge on any atom is -0.449 e. The zero-order chi connectivity index (χ0) is 26.9. The Morgan fingerprint density at radius 1 is 0.872 bits per heavy atom. The van der Waals surface area contributed by atoms with Gasteiger partial charge in [-0.3, -0.25) is 9.59 Å². The van der Waals surface area contributed by atoms with E-state index >= 15 is 0 Å². The van der Waals surface area contributed by atoms with Crippen molar-refractivity contribution in [1.29, 1.82) is 0 Å². The summed E-state index contributed by atoms with van der Waals surface area (Å²) in [5.74, 6) is -2.69. The first-order valence-electron chi connectivity index (χ1n) is 12.3. The second kappa shape index (κ2) is 9.90. The van der Waals surface area contributed by atoms with Crippen LogP contribution in [0.5, 0.6) is 0 Å². The molecule has 0 unspecified atom stereocenters. The zero-order valence-electron chi connectivity index (χ0n) is 20.5. The number of H-pyrrole nitrogens is 1. The number of rotatable bonds is 7. The number of fused-ring (bicyclic) bond motifs is 4. The van der Waals surface area contributed by atoms with E-state index in [1.54, 1.807) is 12.1 Å². The lowest BCUT2D eigenvalue weighted by atomic mass is 9.98. The highest BCUT2D eigenvalue weighted by Crippen LogP contribution is 2.44. The molecule has 0 saturated heterocycles. The minimum atomic E-state index is -1.27. The first-order chi connectivity index (χ1) is 19.0. The Bertz CT molecular complexity index is 1520. The Morgan fingerprint density at radius 2 is 1.44 bits per heavy atom. The molecule has 0 bridgehead atoms. The van der Waals surface area contributed by atoms with Gasteiger partial charge in [0.05, 0.1) is 17.5 Å². The number of aromatic nitrogens is 2. The summed E-state index contributed by atoms with van der Waals surface area (Å²) in [7, 11) is 0. The molecule has 194 valence electrons. The van der Waals surface area contributed by atoms with Gasteiger partial charge < -0.3 is 19.9 Å². The number of nitrogens with zero attached hydrogens (tertiary/aromatic N) is 2. The van der Waals surface area contributed by atoms with E-state index in [0.29, 0.717) is 10.8 Å². The Balaban J connectivity index is 1.16. The number of aromatic amines is 1. The number of amides is 3. The van der Waals surface area contributed by atoms with Gasteiger partial charge in [-0.05, 0) is 34.4 Å². The van der Waals surface area contributed by atoms with Crippen molar-refractivity contribution < 1.29 is 28.8 Å². The molecular formula is C29H22N4O6. The molecule has 2 heterocycles. The third-order valence-corrected chi connectivity index (χ3v) is 6.84. The fourth-order valence-electron chi connectivity index (χ4n) is 5.00. The van der Waals surface area contributed by atoms with Gasteiger partial charge in [-0.15, -0.1) is 0 Å². The van der Waals surface area contributed by atoms with Gasteiger partial charge in [0.25, 0.3) is 11.8 Å². The van der Waals surface area contributed by atoms with E-state index in [9.17, 15) is 19.2 Å². The quantitative estimate of drug-likeness (QED) is 0.355. The lowest BCUT2D eigenvalue weighted by Crippen LogP contribution is -2.47. The van der Waals surface area contributed by atoms with E-state index in [0.717, 1.165) is 22.3 Å². The van der Waals surface area contributed by atoms with E-state index in [1.165, 1.54) is 24.7 Å². The maximum Gasteiger partial charge on any atom is 0.407 e. The third kappa shape index (κ3) is 4.42. The van der Waals surface area contributed by atoms with Crippen LogP contribution in [-0.2, 0) is 20.8 Å². The number of imidazole rings is 1. The number of hydroxylamine groups is 2. The summed E-state index contributed by atoms with van der Waals surface area (Å²) in [6, 6.07) is 20.8. The van der Waals surface area contributed by atoms with Crippen molar-refractivity contribution in [2.24, 2.45) is 0 Å². The fraction of sp³-hybridized carbons (Fsp3) is 0.138. The minimum absolute atomic E-state index is 0.0355. The Hall–Kier alpha value is -5.25. The Kier molecular flexibility index (Phi) is 6.12. The summed E-state index contributed by atoms with van der Waals surface area (Å²) >= 11 is 0. The van der Waals surface area contributed by atoms with Crippen LogP contribution in [0, 0.1) is 0 Å². The van der Waals surface area contributed by atoms with Crippen LogP contribution >= 0.6 is 0 Å². The van der Waals surface area contributed by atoms with Crippen molar-refractivity contribution in [3.05, 3.63) is 113 Å². The molecule has 10 nitrogen and oxygen atoms in total. The second-order valence-electron chi connectivity index (χ2n) is 9.16. The molecule has 3 aromatic carbocycles. The van der Waals surface area contributed by atoms with Crippen LogP contribution in [0.1, 0.15) is 43.5 Å². The van der Waals surface area contributed by atoms with Crippen LogP contribution in [0.2, 0.25) is 0 Å². The van der Waals surface area contributed by atoms with Gasteiger partial charge >= 0.3 is 12.1 Å². The lowest BCUT2D eigenvalue weighted by molar-refractivity contribution is -0.171. The maximum atomic E-state index is 13.1. The molecule has 2 N–H and O–H groups in total. The largest absolute Gasteiger partial charge is 0.449 e. The summed E-state index contributed by atoms with van der Waals surface area (Å²) in [6.45, 7) is 0.0457. The van der Waals surface area contributed by atoms with Gasteiger partial charge in [0.1, 0.15) is 12.6 Å². The number of alkyl carbamates (subject to hydrolysis) is 1. The average Bonchev–Trinajstić information content (AvgIpc) is 3.65. The van der Waals surface area contributed by atoms with Crippen LogP contribution in [0.15, 0.2) is 85.3 Å². The number of nitrogens with one attached hydrogen (secondary N) is 2. The summed E-state index contributed by atoms with van der Waals surface area (Å²) in [5, 5.41) is 2.93. The first-order valence-corrected chi connectivity index (χ1v) is 12.3.